The van der Waals surface area contributed by atoms with Gasteiger partial charge in [0.1, 0.15) is 5.82 Å². The van der Waals surface area contributed by atoms with Gasteiger partial charge in [-0.25, -0.2) is 9.07 Å². The van der Waals surface area contributed by atoms with Crippen LogP contribution in [0.15, 0.2) is 54.7 Å². The number of aromatic nitrogens is 2. The van der Waals surface area contributed by atoms with Crippen molar-refractivity contribution in [3.63, 3.8) is 0 Å². The van der Waals surface area contributed by atoms with Gasteiger partial charge in [0.2, 0.25) is 5.91 Å². The highest BCUT2D eigenvalue weighted by Crippen LogP contribution is 2.37. The smallest absolute Gasteiger partial charge is 0.366 e. The van der Waals surface area contributed by atoms with Crippen LogP contribution in [0.25, 0.3) is 5.69 Å². The molecule has 7 nitrogen and oxygen atoms in total. The summed E-state index contributed by atoms with van der Waals surface area (Å²) in [4.78, 5) is 28.5. The van der Waals surface area contributed by atoms with Gasteiger partial charge in [-0.3, -0.25) is 9.59 Å². The van der Waals surface area contributed by atoms with Crippen molar-refractivity contribution in [2.75, 3.05) is 32.7 Å². The highest BCUT2D eigenvalue weighted by Gasteiger charge is 2.45. The number of alkyl halides is 3. The van der Waals surface area contributed by atoms with Crippen molar-refractivity contribution in [3.05, 3.63) is 89.4 Å². The third-order valence-electron chi connectivity index (χ3n) is 7.22. The van der Waals surface area contributed by atoms with E-state index in [0.717, 1.165) is 43.5 Å². The molecule has 2 aromatic carbocycles. The van der Waals surface area contributed by atoms with Crippen molar-refractivity contribution in [2.24, 2.45) is 17.6 Å². The van der Waals surface area contributed by atoms with Crippen LogP contribution in [0.2, 0.25) is 0 Å². The summed E-state index contributed by atoms with van der Waals surface area (Å²) in [6.45, 7) is 2.97. The molecule has 2 fully saturated rings. The molecule has 5 rings (SSSR count). The van der Waals surface area contributed by atoms with Gasteiger partial charge in [-0.05, 0) is 67.1 Å². The first-order chi connectivity index (χ1) is 18.1. The van der Waals surface area contributed by atoms with E-state index < -0.39 is 35.1 Å². The Kier molecular flexibility index (Phi) is 6.95. The maximum Gasteiger partial charge on any atom is 0.434 e. The Hall–Kier alpha value is -3.73. The standard InChI is InChI=1S/C27H26F4N5O2/c28-20-7-9-21(10-8-20)36-24(27(29,30)31)23(12-33-36)26(38)35-15-18-13-34(14-19(18)16-35)11-3-5-17-4-1-2-6-22(17)25(32)37/h1-2,4-10,12,18-19H,3,11,13-16H2,(H2,32,37)/t18-,19?/m0/s1. The second-order valence-electron chi connectivity index (χ2n) is 9.73. The zero-order valence-electron chi connectivity index (χ0n) is 20.4. The summed E-state index contributed by atoms with van der Waals surface area (Å²) in [7, 11) is 0. The molecule has 1 unspecified atom stereocenters. The van der Waals surface area contributed by atoms with Crippen molar-refractivity contribution < 1.29 is 27.2 Å². The number of primary amides is 1. The lowest BCUT2D eigenvalue weighted by atomic mass is 10.0. The minimum Gasteiger partial charge on any atom is -0.366 e. The summed E-state index contributed by atoms with van der Waals surface area (Å²) in [5.41, 5.74) is 5.04. The van der Waals surface area contributed by atoms with E-state index in [1.807, 2.05) is 18.6 Å². The second-order valence-corrected chi connectivity index (χ2v) is 9.73. The fourth-order valence-electron chi connectivity index (χ4n) is 5.47. The van der Waals surface area contributed by atoms with Crippen molar-refractivity contribution in [1.29, 1.82) is 0 Å². The van der Waals surface area contributed by atoms with E-state index in [1.165, 1.54) is 17.0 Å². The van der Waals surface area contributed by atoms with Crippen LogP contribution in [-0.4, -0.2) is 64.1 Å². The van der Waals surface area contributed by atoms with Gasteiger partial charge in [0.15, 0.2) is 5.69 Å². The van der Waals surface area contributed by atoms with Crippen LogP contribution in [0.5, 0.6) is 0 Å². The quantitative estimate of drug-likeness (QED) is 0.474. The van der Waals surface area contributed by atoms with Gasteiger partial charge in [0.25, 0.3) is 5.91 Å². The topological polar surface area (TPSA) is 84.5 Å². The van der Waals surface area contributed by atoms with E-state index in [1.54, 1.807) is 12.1 Å². The zero-order chi connectivity index (χ0) is 27.0. The molecule has 0 aliphatic carbocycles. The van der Waals surface area contributed by atoms with Crippen molar-refractivity contribution in [1.82, 2.24) is 19.6 Å². The van der Waals surface area contributed by atoms with Gasteiger partial charge in [-0.15, -0.1) is 0 Å². The molecule has 1 aromatic heterocycles. The van der Waals surface area contributed by atoms with Gasteiger partial charge in [0.05, 0.1) is 17.4 Å². The largest absolute Gasteiger partial charge is 0.434 e. The molecule has 199 valence electrons. The molecule has 11 heteroatoms. The first kappa shape index (κ1) is 25.9. The van der Waals surface area contributed by atoms with E-state index in [9.17, 15) is 27.2 Å². The van der Waals surface area contributed by atoms with Gasteiger partial charge in [-0.1, -0.05) is 18.2 Å². The van der Waals surface area contributed by atoms with Crippen LogP contribution >= 0.6 is 0 Å². The molecule has 2 atom stereocenters. The summed E-state index contributed by atoms with van der Waals surface area (Å²) in [6.07, 6.45) is -1.20. The van der Waals surface area contributed by atoms with Gasteiger partial charge in [0, 0.05) is 31.7 Å². The molecular formula is C27H26F4N5O2. The Balaban J connectivity index is 1.21. The molecule has 38 heavy (non-hydrogen) atoms. The highest BCUT2D eigenvalue weighted by molar-refractivity contribution is 5.96. The molecular weight excluding hydrogens is 502 g/mol. The summed E-state index contributed by atoms with van der Waals surface area (Å²) < 4.78 is 55.9. The van der Waals surface area contributed by atoms with Crippen LogP contribution in [0.1, 0.15) is 38.4 Å². The number of hydrogen-bond acceptors (Lipinski definition) is 4. The fraction of sp³-hybridized carbons (Fsp3) is 0.333. The van der Waals surface area contributed by atoms with Crippen LogP contribution < -0.4 is 5.73 Å². The molecule has 1 radical (unpaired) electrons. The minimum absolute atomic E-state index is 0.0157. The van der Waals surface area contributed by atoms with E-state index in [-0.39, 0.29) is 17.5 Å². The number of rotatable bonds is 7. The van der Waals surface area contributed by atoms with E-state index in [4.69, 9.17) is 5.73 Å². The zero-order valence-corrected chi connectivity index (χ0v) is 20.4. The third kappa shape index (κ3) is 5.15. The first-order valence-corrected chi connectivity index (χ1v) is 12.3. The van der Waals surface area contributed by atoms with Crippen molar-refractivity contribution in [3.8, 4) is 5.69 Å². The number of amides is 2. The molecule has 2 aliphatic rings. The number of carbonyl (C=O) groups is 2. The SMILES string of the molecule is NC(=O)c1ccccc1[CH]CCN1CC2CN(C(=O)c3cnn(-c4ccc(F)cc4)c3C(F)(F)F)C[C@@H]2C1. The fourth-order valence-corrected chi connectivity index (χ4v) is 5.47. The molecule has 3 heterocycles. The molecule has 0 spiro atoms. The Labute approximate surface area is 216 Å². The molecule has 0 saturated carbocycles. The summed E-state index contributed by atoms with van der Waals surface area (Å²) in [5.74, 6) is -1.44. The number of likely N-dealkylation sites (tertiary alicyclic amines) is 2. The summed E-state index contributed by atoms with van der Waals surface area (Å²) >= 11 is 0. The van der Waals surface area contributed by atoms with E-state index >= 15 is 0 Å². The average molecular weight is 529 g/mol. The van der Waals surface area contributed by atoms with E-state index in [0.29, 0.717) is 29.8 Å². The molecule has 0 bridgehead atoms. The Morgan fingerprint density at radius 2 is 1.63 bits per heavy atom. The lowest BCUT2D eigenvalue weighted by molar-refractivity contribution is -0.143. The molecule has 2 saturated heterocycles. The predicted octanol–water partition coefficient (Wildman–Crippen LogP) is 3.78. The number of nitrogens with zero attached hydrogens (tertiary/aromatic N) is 4. The Bertz CT molecular complexity index is 1320. The number of carbonyl (C=O) groups excluding carboxylic acids is 2. The highest BCUT2D eigenvalue weighted by atomic mass is 19.4. The number of hydrogen-bond donors (Lipinski definition) is 1. The summed E-state index contributed by atoms with van der Waals surface area (Å²) in [5, 5.41) is 3.82. The van der Waals surface area contributed by atoms with Crippen molar-refractivity contribution >= 4 is 11.8 Å². The minimum atomic E-state index is -4.83. The maximum atomic E-state index is 14.0. The lowest BCUT2D eigenvalue weighted by Crippen LogP contribution is -2.34. The van der Waals surface area contributed by atoms with Crippen LogP contribution in [0.3, 0.4) is 0 Å². The molecule has 3 aromatic rings. The van der Waals surface area contributed by atoms with Gasteiger partial charge < -0.3 is 15.5 Å². The Morgan fingerprint density at radius 3 is 2.26 bits per heavy atom. The number of fused-ring (bicyclic) bond motifs is 1. The van der Waals surface area contributed by atoms with E-state index in [2.05, 4.69) is 10.00 Å². The maximum absolute atomic E-state index is 14.0. The number of halogens is 4. The average Bonchev–Trinajstić information content (AvgIpc) is 3.57. The lowest BCUT2D eigenvalue weighted by Gasteiger charge is -2.22. The van der Waals surface area contributed by atoms with Crippen LogP contribution in [0.4, 0.5) is 17.6 Å². The molecule has 2 N–H and O–H groups in total. The third-order valence-corrected chi connectivity index (χ3v) is 7.22. The summed E-state index contributed by atoms with van der Waals surface area (Å²) in [6, 6.07) is 11.6. The van der Waals surface area contributed by atoms with Crippen LogP contribution in [0, 0.1) is 24.1 Å². The van der Waals surface area contributed by atoms with Crippen LogP contribution in [-0.2, 0) is 6.18 Å². The number of nitrogens with two attached hydrogens (primary N) is 1. The Morgan fingerprint density at radius 1 is 0.974 bits per heavy atom. The second kappa shape index (κ2) is 10.2. The van der Waals surface area contributed by atoms with Crippen molar-refractivity contribution in [2.45, 2.75) is 12.6 Å². The number of benzene rings is 2. The van der Waals surface area contributed by atoms with Gasteiger partial charge in [-0.2, -0.15) is 18.3 Å². The predicted molar refractivity (Wildman–Crippen MR) is 131 cm³/mol. The monoisotopic (exact) mass is 528 g/mol. The molecule has 2 aliphatic heterocycles. The normalized spacial score (nSPS) is 19.6. The first-order valence-electron chi connectivity index (χ1n) is 12.3. The molecule has 2 amide bonds. The van der Waals surface area contributed by atoms with Gasteiger partial charge >= 0.3 is 6.18 Å².